The van der Waals surface area contributed by atoms with Gasteiger partial charge in [0.25, 0.3) is 0 Å². The van der Waals surface area contributed by atoms with E-state index in [2.05, 4.69) is 31.4 Å². The molecule has 3 unspecified atom stereocenters. The van der Waals surface area contributed by atoms with Crippen molar-refractivity contribution in [1.82, 2.24) is 10.6 Å². The molecule has 0 fully saturated rings. The molecule has 0 rings (SSSR count). The Morgan fingerprint density at radius 3 is 1.83 bits per heavy atom. The molecule has 7 N–H and O–H groups in total. The van der Waals surface area contributed by atoms with Crippen LogP contribution in [-0.2, 0) is 0 Å². The van der Waals surface area contributed by atoms with Crippen LogP contribution < -0.4 is 22.1 Å². The van der Waals surface area contributed by atoms with Gasteiger partial charge in [-0.2, -0.15) is 0 Å². The molecule has 5 nitrogen and oxygen atoms in total. The average Bonchev–Trinajstić information content (AvgIpc) is 2.70. The minimum Gasteiger partial charge on any atom is -0.387 e. The molecule has 0 aromatic carbocycles. The maximum atomic E-state index is 11.6. The summed E-state index contributed by atoms with van der Waals surface area (Å²) >= 11 is 0. The predicted octanol–water partition coefficient (Wildman–Crippen LogP) is 4.07. The van der Waals surface area contributed by atoms with E-state index in [9.17, 15) is 5.11 Å². The van der Waals surface area contributed by atoms with Gasteiger partial charge >= 0.3 is 0 Å². The summed E-state index contributed by atoms with van der Waals surface area (Å²) in [5.41, 5.74) is 10.1. The summed E-state index contributed by atoms with van der Waals surface area (Å²) in [6.07, 6.45) is 15.2. The summed E-state index contributed by atoms with van der Waals surface area (Å²) in [5, 5.41) is 18.9. The van der Waals surface area contributed by atoms with E-state index in [1.54, 1.807) is 0 Å². The fourth-order valence-electron chi connectivity index (χ4n) is 4.03. The van der Waals surface area contributed by atoms with Gasteiger partial charge in [0.1, 0.15) is 0 Å². The Labute approximate surface area is 182 Å². The standard InChI is InChI=1S/C24H54N4O/c1-5-6-7-12-17-23(3,28-21-16-11-9-14-19-26)24(4,29)22(2)27-20-15-10-8-13-18-25/h22,27-29H,5-21,25-26H2,1-4H3. The highest BCUT2D eigenvalue weighted by Gasteiger charge is 2.45. The van der Waals surface area contributed by atoms with Crippen molar-refractivity contribution in [2.75, 3.05) is 26.2 Å². The van der Waals surface area contributed by atoms with Crippen molar-refractivity contribution in [3.8, 4) is 0 Å². The molecule has 0 aliphatic rings. The molecule has 0 aliphatic carbocycles. The SMILES string of the molecule is CCCCCCC(C)(NCCCCCCN)C(C)(O)C(C)NCCCCCCN. The number of nitrogens with one attached hydrogen (secondary N) is 2. The third-order valence-corrected chi connectivity index (χ3v) is 6.72. The number of aliphatic hydroxyl groups is 1. The van der Waals surface area contributed by atoms with Crippen molar-refractivity contribution in [1.29, 1.82) is 0 Å². The highest BCUT2D eigenvalue weighted by atomic mass is 16.3. The first-order valence-electron chi connectivity index (χ1n) is 12.5. The van der Waals surface area contributed by atoms with Crippen molar-refractivity contribution in [2.24, 2.45) is 11.5 Å². The van der Waals surface area contributed by atoms with Crippen LogP contribution in [0.5, 0.6) is 0 Å². The van der Waals surface area contributed by atoms with E-state index in [1.807, 2.05) is 6.92 Å². The molecule has 0 aliphatic heterocycles. The zero-order chi connectivity index (χ0) is 22.0. The second-order valence-corrected chi connectivity index (χ2v) is 9.30. The fraction of sp³-hybridized carbons (Fsp3) is 1.00. The van der Waals surface area contributed by atoms with Crippen molar-refractivity contribution < 1.29 is 5.11 Å². The Morgan fingerprint density at radius 2 is 1.28 bits per heavy atom. The van der Waals surface area contributed by atoms with Gasteiger partial charge in [-0.1, -0.05) is 58.3 Å². The van der Waals surface area contributed by atoms with Crippen molar-refractivity contribution in [3.63, 3.8) is 0 Å². The monoisotopic (exact) mass is 414 g/mol. The number of hydrogen-bond donors (Lipinski definition) is 5. The van der Waals surface area contributed by atoms with Crippen LogP contribution in [0.1, 0.15) is 111 Å². The Bertz CT molecular complexity index is 365. The van der Waals surface area contributed by atoms with Gasteiger partial charge < -0.3 is 27.2 Å². The van der Waals surface area contributed by atoms with Crippen LogP contribution in [0.3, 0.4) is 0 Å². The van der Waals surface area contributed by atoms with Gasteiger partial charge in [0.15, 0.2) is 0 Å². The maximum Gasteiger partial charge on any atom is 0.0946 e. The quantitative estimate of drug-likeness (QED) is 0.182. The highest BCUT2D eigenvalue weighted by Crippen LogP contribution is 2.31. The molecule has 0 spiro atoms. The number of nitrogens with two attached hydrogens (primary N) is 2. The van der Waals surface area contributed by atoms with E-state index in [-0.39, 0.29) is 11.6 Å². The molecule has 5 heteroatoms. The Morgan fingerprint density at radius 1 is 0.759 bits per heavy atom. The molecule has 176 valence electrons. The predicted molar refractivity (Wildman–Crippen MR) is 128 cm³/mol. The Kier molecular flexibility index (Phi) is 17.4. The molecular weight excluding hydrogens is 360 g/mol. The second kappa shape index (κ2) is 17.5. The minimum atomic E-state index is -0.812. The van der Waals surface area contributed by atoms with Gasteiger partial charge in [0.2, 0.25) is 0 Å². The summed E-state index contributed by atoms with van der Waals surface area (Å²) in [6, 6.07) is 0.0397. The lowest BCUT2D eigenvalue weighted by Crippen LogP contribution is -2.67. The molecule has 0 aromatic heterocycles. The molecule has 0 aromatic rings. The van der Waals surface area contributed by atoms with Crippen molar-refractivity contribution in [3.05, 3.63) is 0 Å². The number of hydrogen-bond acceptors (Lipinski definition) is 5. The minimum absolute atomic E-state index is 0.0397. The van der Waals surface area contributed by atoms with Crippen LogP contribution in [0.25, 0.3) is 0 Å². The Hall–Kier alpha value is -0.200. The topological polar surface area (TPSA) is 96.3 Å². The van der Waals surface area contributed by atoms with Crippen molar-refractivity contribution in [2.45, 2.75) is 128 Å². The van der Waals surface area contributed by atoms with E-state index < -0.39 is 5.60 Å². The molecule has 29 heavy (non-hydrogen) atoms. The largest absolute Gasteiger partial charge is 0.387 e. The van der Waals surface area contributed by atoms with Crippen LogP contribution in [0.4, 0.5) is 0 Å². The average molecular weight is 415 g/mol. The third-order valence-electron chi connectivity index (χ3n) is 6.72. The fourth-order valence-corrected chi connectivity index (χ4v) is 4.03. The molecular formula is C24H54N4O. The summed E-state index contributed by atoms with van der Waals surface area (Å²) in [5.74, 6) is 0. The van der Waals surface area contributed by atoms with E-state index in [1.165, 1.54) is 44.9 Å². The molecule has 3 atom stereocenters. The lowest BCUT2D eigenvalue weighted by Gasteiger charge is -2.48. The zero-order valence-corrected chi connectivity index (χ0v) is 20.2. The van der Waals surface area contributed by atoms with E-state index in [0.717, 1.165) is 64.7 Å². The van der Waals surface area contributed by atoms with Crippen LogP contribution in [0.2, 0.25) is 0 Å². The van der Waals surface area contributed by atoms with Gasteiger partial charge in [-0.15, -0.1) is 0 Å². The summed E-state index contributed by atoms with van der Waals surface area (Å²) in [7, 11) is 0. The van der Waals surface area contributed by atoms with Gasteiger partial charge in [-0.05, 0) is 79.1 Å². The highest BCUT2D eigenvalue weighted by molar-refractivity contribution is 5.05. The smallest absolute Gasteiger partial charge is 0.0946 e. The lowest BCUT2D eigenvalue weighted by molar-refractivity contribution is -0.0598. The van der Waals surface area contributed by atoms with Crippen LogP contribution in [-0.4, -0.2) is 48.5 Å². The maximum absolute atomic E-state index is 11.6. The van der Waals surface area contributed by atoms with Crippen LogP contribution in [0, 0.1) is 0 Å². The second-order valence-electron chi connectivity index (χ2n) is 9.30. The van der Waals surface area contributed by atoms with E-state index in [0.29, 0.717) is 0 Å². The van der Waals surface area contributed by atoms with Gasteiger partial charge in [-0.25, -0.2) is 0 Å². The lowest BCUT2D eigenvalue weighted by atomic mass is 9.74. The van der Waals surface area contributed by atoms with E-state index >= 15 is 0 Å². The summed E-state index contributed by atoms with van der Waals surface area (Å²) in [4.78, 5) is 0. The van der Waals surface area contributed by atoms with Gasteiger partial charge in [-0.3, -0.25) is 0 Å². The number of rotatable bonds is 21. The van der Waals surface area contributed by atoms with Gasteiger partial charge in [0.05, 0.1) is 5.60 Å². The molecule has 0 saturated heterocycles. The van der Waals surface area contributed by atoms with E-state index in [4.69, 9.17) is 11.5 Å². The molecule has 0 heterocycles. The molecule has 0 radical (unpaired) electrons. The third kappa shape index (κ3) is 12.3. The first-order valence-corrected chi connectivity index (χ1v) is 12.5. The molecule has 0 saturated carbocycles. The van der Waals surface area contributed by atoms with Crippen LogP contribution in [0.15, 0.2) is 0 Å². The normalized spacial score (nSPS) is 17.1. The number of unbranched alkanes of at least 4 members (excludes halogenated alkanes) is 9. The summed E-state index contributed by atoms with van der Waals surface area (Å²) < 4.78 is 0. The first-order chi connectivity index (χ1) is 13.9. The first kappa shape index (κ1) is 28.8. The molecule has 0 bridgehead atoms. The zero-order valence-electron chi connectivity index (χ0n) is 20.2. The van der Waals surface area contributed by atoms with Crippen LogP contribution >= 0.6 is 0 Å². The van der Waals surface area contributed by atoms with Gasteiger partial charge in [0, 0.05) is 11.6 Å². The van der Waals surface area contributed by atoms with Crippen molar-refractivity contribution >= 4 is 0 Å². The molecule has 0 amide bonds. The summed E-state index contributed by atoms with van der Waals surface area (Å²) in [6.45, 7) is 12.1. The Balaban J connectivity index is 4.67.